The third kappa shape index (κ3) is 8.83. The van der Waals surface area contributed by atoms with Crippen molar-refractivity contribution in [3.63, 3.8) is 0 Å². The van der Waals surface area contributed by atoms with Crippen molar-refractivity contribution < 1.29 is 9.53 Å². The van der Waals surface area contributed by atoms with Gasteiger partial charge in [-0.2, -0.15) is 5.26 Å². The molecule has 0 heterocycles. The van der Waals surface area contributed by atoms with Gasteiger partial charge >= 0.3 is 0 Å². The Hall–Kier alpha value is -1.08. The first kappa shape index (κ1) is 11.9. The average Bonchev–Trinajstić information content (AvgIpc) is 2.13. The molecule has 74 valence electrons. The van der Waals surface area contributed by atoms with Gasteiger partial charge in [0.15, 0.2) is 0 Å². The van der Waals surface area contributed by atoms with Crippen LogP contribution in [0.1, 0.15) is 25.7 Å². The van der Waals surface area contributed by atoms with E-state index in [0.29, 0.717) is 26.0 Å². The molecule has 0 spiro atoms. The monoisotopic (exact) mass is 184 g/mol. The topological polar surface area (TPSA) is 62.1 Å². The summed E-state index contributed by atoms with van der Waals surface area (Å²) in [6.07, 6.45) is 2.48. The van der Waals surface area contributed by atoms with Gasteiger partial charge in [-0.3, -0.25) is 4.79 Å². The zero-order valence-corrected chi connectivity index (χ0v) is 8.01. The van der Waals surface area contributed by atoms with E-state index < -0.39 is 0 Å². The van der Waals surface area contributed by atoms with Gasteiger partial charge in [0.1, 0.15) is 0 Å². The van der Waals surface area contributed by atoms with Gasteiger partial charge in [0, 0.05) is 33.1 Å². The third-order valence-electron chi connectivity index (χ3n) is 1.54. The van der Waals surface area contributed by atoms with Crippen molar-refractivity contribution in [2.45, 2.75) is 25.7 Å². The molecule has 0 atom stereocenters. The number of nitrogens with zero attached hydrogens (tertiary/aromatic N) is 1. The molecular formula is C9H16N2O2. The van der Waals surface area contributed by atoms with E-state index in [-0.39, 0.29) is 5.91 Å². The molecule has 0 bridgehead atoms. The summed E-state index contributed by atoms with van der Waals surface area (Å²) in [7, 11) is 1.62. The Morgan fingerprint density at radius 3 is 2.92 bits per heavy atom. The number of amides is 1. The van der Waals surface area contributed by atoms with Crippen molar-refractivity contribution in [2.24, 2.45) is 0 Å². The number of rotatable bonds is 7. The Balaban J connectivity index is 3.16. The number of hydrogen-bond donors (Lipinski definition) is 1. The summed E-state index contributed by atoms with van der Waals surface area (Å²) in [6, 6.07) is 2.02. The molecule has 0 rings (SSSR count). The lowest BCUT2D eigenvalue weighted by Gasteiger charge is -2.02. The highest BCUT2D eigenvalue weighted by Crippen LogP contribution is 1.90. The zero-order valence-electron chi connectivity index (χ0n) is 8.01. The van der Waals surface area contributed by atoms with Gasteiger partial charge in [0.25, 0.3) is 0 Å². The second kappa shape index (κ2) is 9.01. The second-order valence-corrected chi connectivity index (χ2v) is 2.71. The molecule has 0 aromatic rings. The van der Waals surface area contributed by atoms with E-state index >= 15 is 0 Å². The van der Waals surface area contributed by atoms with Crippen molar-refractivity contribution in [3.05, 3.63) is 0 Å². The Bertz CT molecular complexity index is 175. The molecule has 0 unspecified atom stereocenters. The molecule has 0 aromatic carbocycles. The molecule has 13 heavy (non-hydrogen) atoms. The molecule has 1 amide bonds. The van der Waals surface area contributed by atoms with Gasteiger partial charge in [-0.25, -0.2) is 0 Å². The fourth-order valence-corrected chi connectivity index (χ4v) is 0.861. The summed E-state index contributed by atoms with van der Waals surface area (Å²) >= 11 is 0. The number of nitrogens with one attached hydrogen (secondary N) is 1. The molecule has 0 aliphatic heterocycles. The number of hydrogen-bond acceptors (Lipinski definition) is 3. The molecule has 4 nitrogen and oxygen atoms in total. The summed E-state index contributed by atoms with van der Waals surface area (Å²) in [6.45, 7) is 1.21. The minimum absolute atomic E-state index is 0.0370. The van der Waals surface area contributed by atoms with Crippen molar-refractivity contribution in [1.82, 2.24) is 5.32 Å². The summed E-state index contributed by atoms with van der Waals surface area (Å²) in [5.74, 6) is 0.0370. The third-order valence-corrected chi connectivity index (χ3v) is 1.54. The normalized spacial score (nSPS) is 9.23. The minimum atomic E-state index is 0.0370. The predicted octanol–water partition coefficient (Wildman–Crippen LogP) is 0.833. The smallest absolute Gasteiger partial charge is 0.220 e. The lowest BCUT2D eigenvalue weighted by molar-refractivity contribution is -0.121. The maximum Gasteiger partial charge on any atom is 0.220 e. The zero-order chi connectivity index (χ0) is 9.94. The number of carbonyl (C=O) groups excluding carboxylic acids is 1. The van der Waals surface area contributed by atoms with Crippen molar-refractivity contribution in [1.29, 1.82) is 5.26 Å². The van der Waals surface area contributed by atoms with Crippen LogP contribution in [0.2, 0.25) is 0 Å². The lowest BCUT2D eigenvalue weighted by atomic mass is 10.3. The molecule has 0 aliphatic carbocycles. The van der Waals surface area contributed by atoms with E-state index in [1.807, 2.05) is 6.07 Å². The van der Waals surface area contributed by atoms with E-state index in [1.165, 1.54) is 0 Å². The first-order chi connectivity index (χ1) is 6.31. The molecule has 0 radical (unpaired) electrons. The van der Waals surface area contributed by atoms with Crippen LogP contribution < -0.4 is 5.32 Å². The molecule has 1 N–H and O–H groups in total. The molecule has 0 fully saturated rings. The Morgan fingerprint density at radius 2 is 2.31 bits per heavy atom. The Kier molecular flexibility index (Phi) is 8.26. The SMILES string of the molecule is COCCCC(=O)NCCCC#N. The standard InChI is InChI=1S/C9H16N2O2/c1-13-8-4-5-9(12)11-7-3-2-6-10/h2-5,7-8H2,1H3,(H,11,12). The first-order valence-corrected chi connectivity index (χ1v) is 4.44. The van der Waals surface area contributed by atoms with Gasteiger partial charge in [-0.1, -0.05) is 0 Å². The van der Waals surface area contributed by atoms with Gasteiger partial charge in [0.2, 0.25) is 5.91 Å². The number of unbranched alkanes of at least 4 members (excludes halogenated alkanes) is 1. The fraction of sp³-hybridized carbons (Fsp3) is 0.778. The van der Waals surface area contributed by atoms with Crippen LogP contribution in [0.5, 0.6) is 0 Å². The van der Waals surface area contributed by atoms with Gasteiger partial charge in [-0.15, -0.1) is 0 Å². The van der Waals surface area contributed by atoms with E-state index in [1.54, 1.807) is 7.11 Å². The second-order valence-electron chi connectivity index (χ2n) is 2.71. The highest BCUT2D eigenvalue weighted by atomic mass is 16.5. The maximum atomic E-state index is 11.0. The predicted molar refractivity (Wildman–Crippen MR) is 49.0 cm³/mol. The quantitative estimate of drug-likeness (QED) is 0.596. The van der Waals surface area contributed by atoms with Crippen molar-refractivity contribution in [2.75, 3.05) is 20.3 Å². The number of nitriles is 1. The minimum Gasteiger partial charge on any atom is -0.385 e. The van der Waals surface area contributed by atoms with Crippen LogP contribution in [-0.2, 0) is 9.53 Å². The summed E-state index contributed by atoms with van der Waals surface area (Å²) < 4.78 is 4.81. The molecule has 0 aliphatic rings. The summed E-state index contributed by atoms with van der Waals surface area (Å²) in [4.78, 5) is 11.0. The van der Waals surface area contributed by atoms with E-state index in [4.69, 9.17) is 10.00 Å². The van der Waals surface area contributed by atoms with E-state index in [2.05, 4.69) is 5.32 Å². The number of carbonyl (C=O) groups is 1. The van der Waals surface area contributed by atoms with Crippen LogP contribution in [0, 0.1) is 11.3 Å². The van der Waals surface area contributed by atoms with Gasteiger partial charge in [-0.05, 0) is 12.8 Å². The van der Waals surface area contributed by atoms with Crippen LogP contribution >= 0.6 is 0 Å². The van der Waals surface area contributed by atoms with Crippen molar-refractivity contribution >= 4 is 5.91 Å². The van der Waals surface area contributed by atoms with E-state index in [9.17, 15) is 4.79 Å². The number of methoxy groups -OCH3 is 1. The largest absolute Gasteiger partial charge is 0.385 e. The molecular weight excluding hydrogens is 168 g/mol. The summed E-state index contributed by atoms with van der Waals surface area (Å²) in [5, 5.41) is 11.0. The van der Waals surface area contributed by atoms with Crippen LogP contribution in [0.25, 0.3) is 0 Å². The van der Waals surface area contributed by atoms with Crippen LogP contribution in [0.15, 0.2) is 0 Å². The van der Waals surface area contributed by atoms with Gasteiger partial charge in [0.05, 0.1) is 6.07 Å². The lowest BCUT2D eigenvalue weighted by Crippen LogP contribution is -2.24. The Labute approximate surface area is 78.9 Å². The van der Waals surface area contributed by atoms with E-state index in [0.717, 1.165) is 12.8 Å². The first-order valence-electron chi connectivity index (χ1n) is 4.44. The maximum absolute atomic E-state index is 11.0. The van der Waals surface area contributed by atoms with Crippen LogP contribution in [0.4, 0.5) is 0 Å². The highest BCUT2D eigenvalue weighted by Gasteiger charge is 1.98. The summed E-state index contributed by atoms with van der Waals surface area (Å²) in [5.41, 5.74) is 0. The van der Waals surface area contributed by atoms with Gasteiger partial charge < -0.3 is 10.1 Å². The van der Waals surface area contributed by atoms with Crippen LogP contribution in [-0.4, -0.2) is 26.2 Å². The Morgan fingerprint density at radius 1 is 1.54 bits per heavy atom. The molecule has 0 aromatic heterocycles. The fourth-order valence-electron chi connectivity index (χ4n) is 0.861. The number of ether oxygens (including phenoxy) is 1. The van der Waals surface area contributed by atoms with Crippen molar-refractivity contribution in [3.8, 4) is 6.07 Å². The molecule has 0 saturated heterocycles. The molecule has 0 saturated carbocycles. The van der Waals surface area contributed by atoms with Crippen LogP contribution in [0.3, 0.4) is 0 Å². The highest BCUT2D eigenvalue weighted by molar-refractivity contribution is 5.75. The molecule has 4 heteroatoms. The average molecular weight is 184 g/mol.